The van der Waals surface area contributed by atoms with Gasteiger partial charge in [0, 0.05) is 29.9 Å². The normalized spacial score (nSPS) is 16.0. The third-order valence-corrected chi connectivity index (χ3v) is 4.29. The van der Waals surface area contributed by atoms with Crippen LogP contribution < -0.4 is 0 Å². The fraction of sp³-hybridized carbons (Fsp3) is 0.261. The highest BCUT2D eigenvalue weighted by Gasteiger charge is 2.16. The second kappa shape index (κ2) is 5.87. The number of hydrogen-bond acceptors (Lipinski definition) is 2. The number of pyridine rings is 1. The Morgan fingerprint density at radius 2 is 1.85 bits per heavy atom. The molecule has 0 amide bonds. The van der Waals surface area contributed by atoms with E-state index in [1.165, 1.54) is 12.3 Å². The van der Waals surface area contributed by atoms with Crippen molar-refractivity contribution in [1.82, 2.24) is 9.55 Å². The number of nitrogens with zero attached hydrogens (tertiary/aromatic N) is 2. The molecule has 2 heterocycles. The maximum Gasteiger partial charge on any atom is 0.137 e. The Hall–Kier alpha value is -2.81. The summed E-state index contributed by atoms with van der Waals surface area (Å²) in [5.41, 5.74) is 0.681. The number of rotatable bonds is 2. The molecule has 0 aliphatic heterocycles. The van der Waals surface area contributed by atoms with Crippen molar-refractivity contribution in [1.29, 1.82) is 0 Å². The molecule has 2 aromatic carbocycles. The summed E-state index contributed by atoms with van der Waals surface area (Å²) >= 11 is 0. The van der Waals surface area contributed by atoms with Crippen molar-refractivity contribution >= 4 is 21.8 Å². The molecule has 132 valence electrons. The van der Waals surface area contributed by atoms with Crippen LogP contribution in [0, 0.1) is 12.3 Å². The van der Waals surface area contributed by atoms with Crippen molar-refractivity contribution in [2.45, 2.75) is 34.0 Å². The topological polar surface area (TPSA) is 38.0 Å². The first kappa shape index (κ1) is 11.7. The molecule has 0 bridgehead atoms. The first-order valence-corrected chi connectivity index (χ1v) is 8.56. The van der Waals surface area contributed by atoms with Gasteiger partial charge in [-0.25, -0.2) is 4.98 Å². The smallest absolute Gasteiger partial charge is 0.137 e. The average Bonchev–Trinajstić information content (AvgIpc) is 2.99. The molecule has 0 spiro atoms. The number of phenols is 1. The largest absolute Gasteiger partial charge is 0.508 e. The number of benzene rings is 2. The van der Waals surface area contributed by atoms with E-state index in [4.69, 9.17) is 6.85 Å². The summed E-state index contributed by atoms with van der Waals surface area (Å²) in [5.74, 6) is 0.449. The van der Waals surface area contributed by atoms with Gasteiger partial charge in [-0.1, -0.05) is 39.0 Å². The van der Waals surface area contributed by atoms with Crippen molar-refractivity contribution in [3.63, 3.8) is 0 Å². The van der Waals surface area contributed by atoms with Crippen molar-refractivity contribution in [3.8, 4) is 11.6 Å². The Morgan fingerprint density at radius 1 is 1.08 bits per heavy atom. The highest BCUT2D eigenvalue weighted by Crippen LogP contribution is 2.33. The number of aromatic hydroxyl groups is 1. The minimum atomic E-state index is -2.52. The van der Waals surface area contributed by atoms with Crippen LogP contribution in [0.15, 0.2) is 54.7 Å². The van der Waals surface area contributed by atoms with Gasteiger partial charge in [0.2, 0.25) is 0 Å². The van der Waals surface area contributed by atoms with Crippen molar-refractivity contribution in [2.24, 2.45) is 5.41 Å². The van der Waals surface area contributed by atoms with Gasteiger partial charge in [0.1, 0.15) is 11.6 Å². The molecule has 3 heteroatoms. The van der Waals surface area contributed by atoms with Crippen LogP contribution in [0.2, 0.25) is 0 Å². The molecule has 4 aromatic rings. The number of aryl methyl sites for hydroxylation is 1. The summed E-state index contributed by atoms with van der Waals surface area (Å²) < 4.78 is 43.2. The Balaban J connectivity index is 2.07. The van der Waals surface area contributed by atoms with Crippen LogP contribution in [-0.2, 0) is 6.37 Å². The molecule has 0 saturated heterocycles. The van der Waals surface area contributed by atoms with Crippen molar-refractivity contribution in [2.75, 3.05) is 0 Å². The maximum atomic E-state index is 10.1. The zero-order valence-electron chi connectivity index (χ0n) is 20.0. The molecular weight excluding hydrogens is 320 g/mol. The molecule has 0 unspecified atom stereocenters. The highest BCUT2D eigenvalue weighted by atomic mass is 16.3. The van der Waals surface area contributed by atoms with Gasteiger partial charge in [-0.15, -0.1) is 0 Å². The zero-order valence-corrected chi connectivity index (χ0v) is 15.0. The number of hydrogen-bond donors (Lipinski definition) is 1. The Kier molecular flexibility index (Phi) is 2.65. The fourth-order valence-corrected chi connectivity index (χ4v) is 3.28. The van der Waals surface area contributed by atoms with Crippen LogP contribution in [0.25, 0.3) is 27.6 Å². The zero-order chi connectivity index (χ0) is 22.8. The lowest BCUT2D eigenvalue weighted by Crippen LogP contribution is -2.11. The third kappa shape index (κ3) is 2.84. The molecule has 0 aliphatic rings. The minimum absolute atomic E-state index is 0.0624. The van der Waals surface area contributed by atoms with Crippen LogP contribution in [0.1, 0.15) is 38.8 Å². The van der Waals surface area contributed by atoms with E-state index in [1.807, 2.05) is 30.3 Å². The van der Waals surface area contributed by atoms with Crippen molar-refractivity contribution < 1.29 is 12.0 Å². The molecule has 3 nitrogen and oxygen atoms in total. The predicted octanol–water partition coefficient (Wildman–Crippen LogP) is 5.78. The van der Waals surface area contributed by atoms with E-state index in [-0.39, 0.29) is 16.9 Å². The Morgan fingerprint density at radius 3 is 2.62 bits per heavy atom. The highest BCUT2D eigenvalue weighted by molar-refractivity contribution is 6.09. The monoisotopic (exact) mass is 349 g/mol. The number of fused-ring (bicyclic) bond motifs is 3. The summed E-state index contributed by atoms with van der Waals surface area (Å²) in [6, 6.07) is 14.2. The van der Waals surface area contributed by atoms with Crippen LogP contribution in [0.5, 0.6) is 5.75 Å². The molecule has 1 N–H and O–H groups in total. The van der Waals surface area contributed by atoms with Gasteiger partial charge < -0.3 is 5.11 Å². The number of phenolic OH excluding ortho intramolecular Hbond substituents is 1. The molecule has 0 saturated carbocycles. The van der Waals surface area contributed by atoms with Crippen LogP contribution in [-0.4, -0.2) is 14.7 Å². The van der Waals surface area contributed by atoms with Gasteiger partial charge >= 0.3 is 0 Å². The van der Waals surface area contributed by atoms with E-state index in [0.29, 0.717) is 11.3 Å². The lowest BCUT2D eigenvalue weighted by Gasteiger charge is -2.20. The summed E-state index contributed by atoms with van der Waals surface area (Å²) in [6.45, 7) is 2.69. The van der Waals surface area contributed by atoms with Crippen LogP contribution in [0.3, 0.4) is 0 Å². The van der Waals surface area contributed by atoms with E-state index in [1.54, 1.807) is 37.5 Å². The molecular formula is C23H24N2O. The molecule has 2 aromatic heterocycles. The standard InChI is InChI=1S/C23H24N2O/c1-15-11-22(24-14-16(15)13-23(2,3)4)25-20-8-6-5-7-18(20)19-10-9-17(26)12-21(19)25/h5-12,14,26H,13H2,1-4H3/i1D3,13D2. The summed E-state index contributed by atoms with van der Waals surface area (Å²) in [5, 5.41) is 11.9. The molecule has 0 aliphatic carbocycles. The van der Waals surface area contributed by atoms with Gasteiger partial charge in [0.05, 0.1) is 11.0 Å². The fourth-order valence-electron chi connectivity index (χ4n) is 3.28. The molecule has 0 atom stereocenters. The first-order valence-electron chi connectivity index (χ1n) is 11.1. The van der Waals surface area contributed by atoms with Gasteiger partial charge in [-0.05, 0) is 54.0 Å². The summed E-state index contributed by atoms with van der Waals surface area (Å²) in [4.78, 5) is 4.50. The van der Waals surface area contributed by atoms with Gasteiger partial charge in [0.25, 0.3) is 0 Å². The quantitative estimate of drug-likeness (QED) is 0.498. The molecule has 4 rings (SSSR count). The summed E-state index contributed by atoms with van der Waals surface area (Å²) in [6.07, 6.45) is -0.562. The van der Waals surface area contributed by atoms with Crippen molar-refractivity contribution in [3.05, 3.63) is 65.9 Å². The number of aromatic nitrogens is 2. The minimum Gasteiger partial charge on any atom is -0.508 e. The third-order valence-electron chi connectivity index (χ3n) is 4.29. The Bertz CT molecular complexity index is 1300. The van der Waals surface area contributed by atoms with Gasteiger partial charge in [0.15, 0.2) is 0 Å². The summed E-state index contributed by atoms with van der Waals surface area (Å²) in [7, 11) is 0. The molecule has 26 heavy (non-hydrogen) atoms. The maximum absolute atomic E-state index is 10.1. The molecule has 0 radical (unpaired) electrons. The van der Waals surface area contributed by atoms with E-state index >= 15 is 0 Å². The predicted molar refractivity (Wildman–Crippen MR) is 108 cm³/mol. The second-order valence-corrected chi connectivity index (χ2v) is 7.52. The van der Waals surface area contributed by atoms with E-state index in [9.17, 15) is 5.11 Å². The van der Waals surface area contributed by atoms with E-state index in [0.717, 1.165) is 16.3 Å². The SMILES string of the molecule is [2H]C([2H])([2H])c1cc(-n2c3ccccc3c3ccc(O)cc32)ncc1C([2H])([2H])C(C)(C)C. The van der Waals surface area contributed by atoms with Crippen LogP contribution in [0.4, 0.5) is 0 Å². The van der Waals surface area contributed by atoms with Crippen LogP contribution >= 0.6 is 0 Å². The lowest BCUT2D eigenvalue weighted by atomic mass is 9.87. The second-order valence-electron chi connectivity index (χ2n) is 7.52. The number of para-hydroxylation sites is 1. The van der Waals surface area contributed by atoms with E-state index in [2.05, 4.69) is 4.98 Å². The first-order chi connectivity index (χ1) is 14.3. The van der Waals surface area contributed by atoms with E-state index < -0.39 is 18.6 Å². The average molecular weight is 349 g/mol. The van der Waals surface area contributed by atoms with Gasteiger partial charge in [-0.3, -0.25) is 4.57 Å². The lowest BCUT2D eigenvalue weighted by molar-refractivity contribution is 0.410. The Labute approximate surface area is 160 Å². The molecule has 0 fully saturated rings. The van der Waals surface area contributed by atoms with Gasteiger partial charge in [-0.2, -0.15) is 0 Å².